The minimum absolute atomic E-state index is 0.227. The van der Waals surface area contributed by atoms with Crippen molar-refractivity contribution in [3.05, 3.63) is 11.9 Å². The van der Waals surface area contributed by atoms with E-state index < -0.39 is 15.6 Å². The summed E-state index contributed by atoms with van der Waals surface area (Å²) in [6.45, 7) is 7.26. The van der Waals surface area contributed by atoms with Crippen molar-refractivity contribution in [2.24, 2.45) is 0 Å². The number of piperazine rings is 1. The summed E-state index contributed by atoms with van der Waals surface area (Å²) in [5.41, 5.74) is -0.0220. The molecule has 0 spiro atoms. The number of nitrogens with zero attached hydrogens (tertiary/aromatic N) is 4. The van der Waals surface area contributed by atoms with E-state index in [1.165, 1.54) is 10.5 Å². The van der Waals surface area contributed by atoms with Gasteiger partial charge < -0.3 is 0 Å². The maximum absolute atomic E-state index is 12.5. The van der Waals surface area contributed by atoms with Crippen molar-refractivity contribution >= 4 is 10.0 Å². The highest BCUT2D eigenvalue weighted by molar-refractivity contribution is 7.89. The molecule has 2 heterocycles. The Morgan fingerprint density at radius 3 is 2.40 bits per heavy atom. The minimum Gasteiger partial charge on any atom is -0.283 e. The zero-order valence-corrected chi connectivity index (χ0v) is 12.7. The fourth-order valence-electron chi connectivity index (χ4n) is 2.30. The van der Waals surface area contributed by atoms with Crippen molar-refractivity contribution < 1.29 is 8.42 Å². The molecule has 0 amide bonds. The third-order valence-electron chi connectivity index (χ3n) is 3.70. The quantitative estimate of drug-likeness (QED) is 0.867. The van der Waals surface area contributed by atoms with E-state index >= 15 is 0 Å². The number of hydrogen-bond donors (Lipinski definition) is 1. The number of H-pyrrole nitrogens is 1. The number of sulfonamides is 1. The van der Waals surface area contributed by atoms with Crippen LogP contribution in [-0.2, 0) is 10.0 Å². The lowest BCUT2D eigenvalue weighted by Gasteiger charge is -2.39. The molecule has 1 fully saturated rings. The molecule has 0 aromatic carbocycles. The van der Waals surface area contributed by atoms with Crippen molar-refractivity contribution in [2.75, 3.05) is 26.2 Å². The molecule has 1 aliphatic heterocycles. The molecule has 0 radical (unpaired) electrons. The number of nitriles is 1. The highest BCUT2D eigenvalue weighted by Gasteiger charge is 2.35. The van der Waals surface area contributed by atoms with Gasteiger partial charge in [-0.25, -0.2) is 8.42 Å². The molecule has 1 aliphatic rings. The third-order valence-corrected chi connectivity index (χ3v) is 5.72. The van der Waals surface area contributed by atoms with Crippen LogP contribution in [0.15, 0.2) is 11.1 Å². The molecule has 0 saturated carbocycles. The first-order valence-electron chi connectivity index (χ1n) is 6.45. The first-order chi connectivity index (χ1) is 9.29. The molecular weight excluding hydrogens is 278 g/mol. The van der Waals surface area contributed by atoms with Crippen LogP contribution in [0.5, 0.6) is 0 Å². The summed E-state index contributed by atoms with van der Waals surface area (Å²) in [6.07, 6.45) is 1.34. The van der Waals surface area contributed by atoms with Crippen LogP contribution in [0.4, 0.5) is 0 Å². The summed E-state index contributed by atoms with van der Waals surface area (Å²) in [5.74, 6) is 0. The van der Waals surface area contributed by atoms with Gasteiger partial charge in [-0.3, -0.25) is 10.00 Å². The van der Waals surface area contributed by atoms with Crippen molar-refractivity contribution in [1.82, 2.24) is 19.4 Å². The molecule has 0 bridgehead atoms. The van der Waals surface area contributed by atoms with E-state index in [4.69, 9.17) is 5.26 Å². The Hall–Kier alpha value is -1.43. The second kappa shape index (κ2) is 5.16. The van der Waals surface area contributed by atoms with Gasteiger partial charge in [0.05, 0.1) is 18.0 Å². The number of rotatable bonds is 3. The van der Waals surface area contributed by atoms with Gasteiger partial charge in [-0.05, 0) is 20.8 Å². The van der Waals surface area contributed by atoms with Crippen LogP contribution in [0.3, 0.4) is 0 Å². The summed E-state index contributed by atoms with van der Waals surface area (Å²) >= 11 is 0. The second-order valence-electron chi connectivity index (χ2n) is 5.42. The van der Waals surface area contributed by atoms with Gasteiger partial charge in [-0.15, -0.1) is 0 Å². The zero-order valence-electron chi connectivity index (χ0n) is 11.9. The van der Waals surface area contributed by atoms with Gasteiger partial charge in [0, 0.05) is 26.2 Å². The lowest BCUT2D eigenvalue weighted by Crippen LogP contribution is -2.55. The summed E-state index contributed by atoms with van der Waals surface area (Å²) in [4.78, 5) is 2.23. The summed E-state index contributed by atoms with van der Waals surface area (Å²) in [7, 11) is -3.50. The Kier molecular flexibility index (Phi) is 3.86. The minimum atomic E-state index is -3.50. The highest BCUT2D eigenvalue weighted by atomic mass is 32.2. The summed E-state index contributed by atoms with van der Waals surface area (Å²) < 4.78 is 26.4. The molecule has 0 atom stereocenters. The van der Waals surface area contributed by atoms with E-state index in [0.717, 1.165) is 0 Å². The van der Waals surface area contributed by atoms with Gasteiger partial charge in [0.25, 0.3) is 0 Å². The Balaban J connectivity index is 2.12. The SMILES string of the molecule is Cc1[nH]ncc1S(=O)(=O)N1CCN(C(C)(C)C#N)CC1. The van der Waals surface area contributed by atoms with E-state index in [1.54, 1.807) is 6.92 Å². The largest absolute Gasteiger partial charge is 0.283 e. The third kappa shape index (κ3) is 2.57. The average molecular weight is 297 g/mol. The van der Waals surface area contributed by atoms with Gasteiger partial charge in [0.2, 0.25) is 10.0 Å². The summed E-state index contributed by atoms with van der Waals surface area (Å²) in [6, 6.07) is 2.24. The predicted octanol–water partition coefficient (Wildman–Crippen LogP) is 0.327. The highest BCUT2D eigenvalue weighted by Crippen LogP contribution is 2.22. The fourth-order valence-corrected chi connectivity index (χ4v) is 3.84. The molecule has 7 nitrogen and oxygen atoms in total. The maximum Gasteiger partial charge on any atom is 0.246 e. The number of hydrogen-bond acceptors (Lipinski definition) is 5. The van der Waals surface area contributed by atoms with Crippen LogP contribution in [0.1, 0.15) is 19.5 Å². The van der Waals surface area contributed by atoms with Gasteiger partial charge in [0.1, 0.15) is 10.4 Å². The lowest BCUT2D eigenvalue weighted by atomic mass is 10.0. The zero-order chi connectivity index (χ0) is 15.0. The molecular formula is C12H19N5O2S. The molecule has 0 aliphatic carbocycles. The molecule has 1 saturated heterocycles. The first kappa shape index (κ1) is 15.0. The molecule has 8 heteroatoms. The molecule has 1 aromatic heterocycles. The van der Waals surface area contributed by atoms with Crippen LogP contribution in [0.25, 0.3) is 0 Å². The van der Waals surface area contributed by atoms with E-state index in [1.807, 2.05) is 18.7 Å². The van der Waals surface area contributed by atoms with Crippen molar-refractivity contribution in [3.8, 4) is 6.07 Å². The molecule has 1 aromatic rings. The van der Waals surface area contributed by atoms with E-state index in [0.29, 0.717) is 31.9 Å². The normalized spacial score (nSPS) is 18.9. The number of aromatic amines is 1. The number of aromatic nitrogens is 2. The van der Waals surface area contributed by atoms with Crippen LogP contribution < -0.4 is 0 Å². The number of nitrogens with one attached hydrogen (secondary N) is 1. The summed E-state index contributed by atoms with van der Waals surface area (Å²) in [5, 5.41) is 15.5. The van der Waals surface area contributed by atoms with Gasteiger partial charge in [0.15, 0.2) is 0 Å². The fraction of sp³-hybridized carbons (Fsp3) is 0.667. The predicted molar refractivity (Wildman–Crippen MR) is 73.3 cm³/mol. The molecule has 2 rings (SSSR count). The lowest BCUT2D eigenvalue weighted by molar-refractivity contribution is 0.115. The van der Waals surface area contributed by atoms with Gasteiger partial charge >= 0.3 is 0 Å². The van der Waals surface area contributed by atoms with E-state index in [9.17, 15) is 8.42 Å². The van der Waals surface area contributed by atoms with Crippen LogP contribution in [-0.4, -0.2) is 59.5 Å². The first-order valence-corrected chi connectivity index (χ1v) is 7.89. The standard InChI is InChI=1S/C12H19N5O2S/c1-10-11(8-14-15-10)20(18,19)17-6-4-16(5-7-17)12(2,3)9-13/h8H,4-7H2,1-3H3,(H,14,15). The molecule has 1 N–H and O–H groups in total. The van der Waals surface area contributed by atoms with Crippen molar-refractivity contribution in [1.29, 1.82) is 5.26 Å². The average Bonchev–Trinajstić information content (AvgIpc) is 2.86. The smallest absolute Gasteiger partial charge is 0.246 e. The van der Waals surface area contributed by atoms with Gasteiger partial charge in [-0.1, -0.05) is 0 Å². The van der Waals surface area contributed by atoms with E-state index in [-0.39, 0.29) is 4.90 Å². The maximum atomic E-state index is 12.5. The van der Waals surface area contributed by atoms with Crippen LogP contribution >= 0.6 is 0 Å². The Morgan fingerprint density at radius 2 is 1.95 bits per heavy atom. The van der Waals surface area contributed by atoms with Crippen LogP contribution in [0, 0.1) is 18.3 Å². The van der Waals surface area contributed by atoms with Crippen LogP contribution in [0.2, 0.25) is 0 Å². The van der Waals surface area contributed by atoms with Crippen molar-refractivity contribution in [2.45, 2.75) is 31.2 Å². The molecule has 110 valence electrons. The van der Waals surface area contributed by atoms with Gasteiger partial charge in [-0.2, -0.15) is 14.7 Å². The Bertz CT molecular complexity index is 621. The Labute approximate surface area is 119 Å². The van der Waals surface area contributed by atoms with Crippen molar-refractivity contribution in [3.63, 3.8) is 0 Å². The Morgan fingerprint density at radius 1 is 1.35 bits per heavy atom. The monoisotopic (exact) mass is 297 g/mol. The number of aryl methyl sites for hydroxylation is 1. The molecule has 0 unspecified atom stereocenters. The van der Waals surface area contributed by atoms with E-state index in [2.05, 4.69) is 16.3 Å². The second-order valence-corrected chi connectivity index (χ2v) is 7.33. The topological polar surface area (TPSA) is 93.1 Å². The molecule has 20 heavy (non-hydrogen) atoms.